The van der Waals surface area contributed by atoms with E-state index in [4.69, 9.17) is 9.47 Å². The SMILES string of the molecule is COc1ccc(CNC(=O)C=Cc2ccc(N(C)C)cc2)c(OC)c1. The van der Waals surface area contributed by atoms with Gasteiger partial charge in [0.05, 0.1) is 14.2 Å². The van der Waals surface area contributed by atoms with Crippen LogP contribution in [0.25, 0.3) is 6.08 Å². The van der Waals surface area contributed by atoms with Gasteiger partial charge in [0.1, 0.15) is 11.5 Å². The van der Waals surface area contributed by atoms with E-state index in [0.717, 1.165) is 16.8 Å². The summed E-state index contributed by atoms with van der Waals surface area (Å²) in [5, 5.41) is 2.86. The minimum Gasteiger partial charge on any atom is -0.497 e. The minimum atomic E-state index is -0.158. The maximum Gasteiger partial charge on any atom is 0.244 e. The molecule has 0 unspecified atom stereocenters. The molecule has 2 aromatic rings. The number of amides is 1. The third-order valence-electron chi connectivity index (χ3n) is 3.78. The van der Waals surface area contributed by atoms with Gasteiger partial charge < -0.3 is 19.7 Å². The number of anilines is 1. The van der Waals surface area contributed by atoms with Crippen molar-refractivity contribution in [1.82, 2.24) is 5.32 Å². The molecule has 1 amide bonds. The van der Waals surface area contributed by atoms with Crippen LogP contribution in [0.1, 0.15) is 11.1 Å². The largest absolute Gasteiger partial charge is 0.497 e. The smallest absolute Gasteiger partial charge is 0.244 e. The molecular weight excluding hydrogens is 316 g/mol. The quantitative estimate of drug-likeness (QED) is 0.787. The summed E-state index contributed by atoms with van der Waals surface area (Å²) >= 11 is 0. The normalized spacial score (nSPS) is 10.6. The summed E-state index contributed by atoms with van der Waals surface area (Å²) in [5.41, 5.74) is 2.98. The zero-order valence-corrected chi connectivity index (χ0v) is 15.1. The van der Waals surface area contributed by atoms with Crippen molar-refractivity contribution in [3.05, 3.63) is 59.7 Å². The van der Waals surface area contributed by atoms with Gasteiger partial charge in [0.15, 0.2) is 0 Å². The van der Waals surface area contributed by atoms with Crippen LogP contribution in [0.15, 0.2) is 48.5 Å². The summed E-state index contributed by atoms with van der Waals surface area (Å²) in [6.45, 7) is 0.385. The second-order valence-electron chi connectivity index (χ2n) is 5.71. The molecule has 0 heterocycles. The Labute approximate surface area is 148 Å². The Morgan fingerprint density at radius 3 is 2.40 bits per heavy atom. The van der Waals surface area contributed by atoms with Gasteiger partial charge in [0, 0.05) is 44.0 Å². The highest BCUT2D eigenvalue weighted by Gasteiger charge is 2.06. The molecule has 0 aliphatic rings. The number of methoxy groups -OCH3 is 2. The molecule has 5 nitrogen and oxygen atoms in total. The molecule has 0 saturated heterocycles. The fourth-order valence-electron chi connectivity index (χ4n) is 2.29. The van der Waals surface area contributed by atoms with Gasteiger partial charge in [-0.15, -0.1) is 0 Å². The number of carbonyl (C=O) groups excluding carboxylic acids is 1. The van der Waals surface area contributed by atoms with E-state index in [1.165, 1.54) is 6.08 Å². The molecule has 2 aromatic carbocycles. The number of ether oxygens (including phenoxy) is 2. The zero-order chi connectivity index (χ0) is 18.2. The average Bonchev–Trinajstić information content (AvgIpc) is 2.64. The van der Waals surface area contributed by atoms with E-state index in [1.807, 2.05) is 55.4 Å². The maximum atomic E-state index is 12.0. The van der Waals surface area contributed by atoms with Crippen LogP contribution in [0.4, 0.5) is 5.69 Å². The number of carbonyl (C=O) groups is 1. The zero-order valence-electron chi connectivity index (χ0n) is 15.1. The first-order valence-electron chi connectivity index (χ1n) is 7.97. The Morgan fingerprint density at radius 2 is 1.80 bits per heavy atom. The van der Waals surface area contributed by atoms with Crippen molar-refractivity contribution in [2.24, 2.45) is 0 Å². The molecule has 25 heavy (non-hydrogen) atoms. The summed E-state index contributed by atoms with van der Waals surface area (Å²) in [6, 6.07) is 13.5. The monoisotopic (exact) mass is 340 g/mol. The maximum absolute atomic E-state index is 12.0. The lowest BCUT2D eigenvalue weighted by molar-refractivity contribution is -0.116. The first-order chi connectivity index (χ1) is 12.0. The van der Waals surface area contributed by atoms with E-state index in [9.17, 15) is 4.79 Å². The molecule has 0 aliphatic carbocycles. The van der Waals surface area contributed by atoms with E-state index in [0.29, 0.717) is 18.0 Å². The van der Waals surface area contributed by atoms with Crippen LogP contribution >= 0.6 is 0 Å². The van der Waals surface area contributed by atoms with Crippen LogP contribution < -0.4 is 19.7 Å². The van der Waals surface area contributed by atoms with Crippen molar-refractivity contribution in [1.29, 1.82) is 0 Å². The number of hydrogen-bond acceptors (Lipinski definition) is 4. The van der Waals surface area contributed by atoms with Crippen LogP contribution in [0.3, 0.4) is 0 Å². The predicted octanol–water partition coefficient (Wildman–Crippen LogP) is 3.10. The summed E-state index contributed by atoms with van der Waals surface area (Å²) in [5.74, 6) is 1.24. The van der Waals surface area contributed by atoms with Crippen molar-refractivity contribution in [2.45, 2.75) is 6.54 Å². The molecule has 0 atom stereocenters. The highest BCUT2D eigenvalue weighted by Crippen LogP contribution is 2.24. The summed E-state index contributed by atoms with van der Waals surface area (Å²) < 4.78 is 10.5. The summed E-state index contributed by atoms with van der Waals surface area (Å²) in [7, 11) is 7.18. The predicted molar refractivity (Wildman–Crippen MR) is 101 cm³/mol. The van der Waals surface area contributed by atoms with Crippen LogP contribution in [0, 0.1) is 0 Å². The minimum absolute atomic E-state index is 0.158. The lowest BCUT2D eigenvalue weighted by atomic mass is 10.1. The van der Waals surface area contributed by atoms with Crippen molar-refractivity contribution in [3.63, 3.8) is 0 Å². The number of benzene rings is 2. The standard InChI is InChI=1S/C20H24N2O3/c1-22(2)17-9-5-15(6-10-17)7-12-20(23)21-14-16-8-11-18(24-3)13-19(16)25-4/h5-13H,14H2,1-4H3,(H,21,23). The van der Waals surface area contributed by atoms with Crippen molar-refractivity contribution in [3.8, 4) is 11.5 Å². The Morgan fingerprint density at radius 1 is 1.08 bits per heavy atom. The molecule has 2 rings (SSSR count). The number of nitrogens with one attached hydrogen (secondary N) is 1. The molecule has 0 bridgehead atoms. The molecule has 0 saturated carbocycles. The third kappa shape index (κ3) is 5.28. The van der Waals surface area contributed by atoms with E-state index in [2.05, 4.69) is 5.32 Å². The van der Waals surface area contributed by atoms with Gasteiger partial charge >= 0.3 is 0 Å². The van der Waals surface area contributed by atoms with Crippen LogP contribution in [-0.4, -0.2) is 34.2 Å². The lowest BCUT2D eigenvalue weighted by Gasteiger charge is -2.11. The van der Waals surface area contributed by atoms with Gasteiger partial charge in [0.25, 0.3) is 0 Å². The van der Waals surface area contributed by atoms with Gasteiger partial charge in [-0.3, -0.25) is 4.79 Å². The highest BCUT2D eigenvalue weighted by atomic mass is 16.5. The Bertz CT molecular complexity index is 737. The second-order valence-corrected chi connectivity index (χ2v) is 5.71. The van der Waals surface area contributed by atoms with Gasteiger partial charge in [0.2, 0.25) is 5.91 Å². The van der Waals surface area contributed by atoms with Crippen molar-refractivity contribution >= 4 is 17.7 Å². The van der Waals surface area contributed by atoms with Gasteiger partial charge in [-0.25, -0.2) is 0 Å². The van der Waals surface area contributed by atoms with E-state index in [-0.39, 0.29) is 5.91 Å². The first kappa shape index (κ1) is 18.4. The lowest BCUT2D eigenvalue weighted by Crippen LogP contribution is -2.20. The van der Waals surface area contributed by atoms with Crippen LogP contribution in [0.2, 0.25) is 0 Å². The van der Waals surface area contributed by atoms with Crippen LogP contribution in [-0.2, 0) is 11.3 Å². The molecule has 1 N–H and O–H groups in total. The first-order valence-corrected chi connectivity index (χ1v) is 7.97. The van der Waals surface area contributed by atoms with Crippen LogP contribution in [0.5, 0.6) is 11.5 Å². The molecule has 0 fully saturated rings. The fourth-order valence-corrected chi connectivity index (χ4v) is 2.29. The second kappa shape index (κ2) is 8.78. The Hall–Kier alpha value is -2.95. The molecule has 0 aliphatic heterocycles. The fraction of sp³-hybridized carbons (Fsp3) is 0.250. The van der Waals surface area contributed by atoms with Gasteiger partial charge in [-0.05, 0) is 35.9 Å². The van der Waals surface area contributed by atoms with Crippen molar-refractivity contribution < 1.29 is 14.3 Å². The number of hydrogen-bond donors (Lipinski definition) is 1. The summed E-state index contributed by atoms with van der Waals surface area (Å²) in [4.78, 5) is 14.0. The molecule has 5 heteroatoms. The van der Waals surface area contributed by atoms with E-state index >= 15 is 0 Å². The molecule has 132 valence electrons. The van der Waals surface area contributed by atoms with E-state index in [1.54, 1.807) is 26.4 Å². The highest BCUT2D eigenvalue weighted by molar-refractivity contribution is 5.91. The number of rotatable bonds is 7. The van der Waals surface area contributed by atoms with Gasteiger partial charge in [-0.1, -0.05) is 12.1 Å². The molecular formula is C20H24N2O3. The van der Waals surface area contributed by atoms with Crippen molar-refractivity contribution in [2.75, 3.05) is 33.2 Å². The third-order valence-corrected chi connectivity index (χ3v) is 3.78. The van der Waals surface area contributed by atoms with Gasteiger partial charge in [-0.2, -0.15) is 0 Å². The molecule has 0 aromatic heterocycles. The topological polar surface area (TPSA) is 50.8 Å². The molecule has 0 radical (unpaired) electrons. The average molecular weight is 340 g/mol. The van der Waals surface area contributed by atoms with E-state index < -0.39 is 0 Å². The number of nitrogens with zero attached hydrogens (tertiary/aromatic N) is 1. The summed E-state index contributed by atoms with van der Waals surface area (Å²) in [6.07, 6.45) is 3.32. The Balaban J connectivity index is 1.94. The molecule has 0 spiro atoms. The Kier molecular flexibility index (Phi) is 6.46.